The molecular weight excluding hydrogens is 298 g/mol. The lowest BCUT2D eigenvalue weighted by Crippen LogP contribution is -2.76. The third-order valence-corrected chi connectivity index (χ3v) is 6.25. The van der Waals surface area contributed by atoms with Crippen molar-refractivity contribution < 1.29 is 24.9 Å². The number of likely N-dealkylation sites (N-methyl/N-ethyl adjacent to an activating group) is 1. The predicted molar refractivity (Wildman–Crippen MR) is 79.6 cm³/mol. The lowest BCUT2D eigenvalue weighted by Gasteiger charge is -2.60. The van der Waals surface area contributed by atoms with Crippen molar-refractivity contribution in [3.63, 3.8) is 0 Å². The molecule has 1 spiro atoms. The van der Waals surface area contributed by atoms with Crippen LogP contribution in [0.5, 0.6) is 11.5 Å². The molecule has 2 bridgehead atoms. The molecule has 0 aromatic heterocycles. The molecule has 5 rings (SSSR count). The highest BCUT2D eigenvalue weighted by atomic mass is 16.5. The summed E-state index contributed by atoms with van der Waals surface area (Å²) in [4.78, 5) is 14.5. The van der Waals surface area contributed by atoms with E-state index in [0.717, 1.165) is 11.6 Å². The summed E-state index contributed by atoms with van der Waals surface area (Å²) in [5.74, 6) is -0.399. The number of phenols is 1. The third kappa shape index (κ3) is 1.18. The lowest BCUT2D eigenvalue weighted by atomic mass is 9.50. The van der Waals surface area contributed by atoms with Crippen molar-refractivity contribution >= 4 is 5.78 Å². The number of carbonyl (C=O) groups excluding carboxylic acids is 1. The minimum atomic E-state index is -1.58. The Bertz CT molecular complexity index is 802. The predicted octanol–water partition coefficient (Wildman–Crippen LogP) is 0.407. The molecule has 1 unspecified atom stereocenters. The van der Waals surface area contributed by atoms with E-state index in [9.17, 15) is 20.1 Å². The fourth-order valence-corrected chi connectivity index (χ4v) is 5.23. The second-order valence-corrected chi connectivity index (χ2v) is 7.07. The van der Waals surface area contributed by atoms with Gasteiger partial charge in [0.15, 0.2) is 23.2 Å². The van der Waals surface area contributed by atoms with Crippen LogP contribution in [0.3, 0.4) is 0 Å². The Labute approximate surface area is 132 Å². The largest absolute Gasteiger partial charge is 0.509 e. The van der Waals surface area contributed by atoms with Crippen LogP contribution in [0.15, 0.2) is 24.0 Å². The summed E-state index contributed by atoms with van der Waals surface area (Å²) in [5, 5.41) is 32.3. The van der Waals surface area contributed by atoms with E-state index in [0.29, 0.717) is 24.9 Å². The molecule has 1 fully saturated rings. The molecule has 0 amide bonds. The minimum absolute atomic E-state index is 0.0282. The minimum Gasteiger partial charge on any atom is -0.509 e. The number of phenolic OH excluding ortho intramolecular Hbond substituents is 1. The number of hydrogen-bond donors (Lipinski definition) is 3. The van der Waals surface area contributed by atoms with Crippen molar-refractivity contribution in [2.24, 2.45) is 0 Å². The van der Waals surface area contributed by atoms with E-state index in [2.05, 4.69) is 0 Å². The van der Waals surface area contributed by atoms with Crippen LogP contribution in [0.1, 0.15) is 17.5 Å². The number of benzene rings is 1. The summed E-state index contributed by atoms with van der Waals surface area (Å²) in [6.07, 6.45) is 1.19. The first-order valence-electron chi connectivity index (χ1n) is 7.81. The molecule has 4 aliphatic rings. The van der Waals surface area contributed by atoms with Crippen LogP contribution in [0.2, 0.25) is 0 Å². The highest BCUT2D eigenvalue weighted by Gasteiger charge is 2.74. The van der Waals surface area contributed by atoms with E-state index < -0.39 is 17.1 Å². The maximum absolute atomic E-state index is 12.5. The van der Waals surface area contributed by atoms with Gasteiger partial charge in [-0.25, -0.2) is 0 Å². The number of likely N-dealkylation sites (tertiary alicyclic amines) is 1. The van der Waals surface area contributed by atoms with Gasteiger partial charge in [-0.2, -0.15) is 0 Å². The average Bonchev–Trinajstić information content (AvgIpc) is 2.86. The van der Waals surface area contributed by atoms with Crippen LogP contribution in [-0.4, -0.2) is 57.3 Å². The molecule has 2 aliphatic carbocycles. The van der Waals surface area contributed by atoms with Gasteiger partial charge in [-0.3, -0.25) is 9.69 Å². The van der Waals surface area contributed by atoms with Crippen LogP contribution in [0.4, 0.5) is 0 Å². The van der Waals surface area contributed by atoms with Crippen molar-refractivity contribution in [3.05, 3.63) is 35.1 Å². The first-order valence-corrected chi connectivity index (χ1v) is 7.81. The van der Waals surface area contributed by atoms with Gasteiger partial charge in [0, 0.05) is 11.6 Å². The number of rotatable bonds is 0. The molecule has 6 heteroatoms. The van der Waals surface area contributed by atoms with Gasteiger partial charge in [0.2, 0.25) is 5.78 Å². The fraction of sp³-hybridized carbons (Fsp3) is 0.471. The van der Waals surface area contributed by atoms with Crippen molar-refractivity contribution in [3.8, 4) is 11.5 Å². The highest BCUT2D eigenvalue weighted by molar-refractivity contribution is 5.99. The van der Waals surface area contributed by atoms with Gasteiger partial charge in [0.05, 0.1) is 11.5 Å². The Morgan fingerprint density at radius 2 is 2.13 bits per heavy atom. The molecule has 2 heterocycles. The monoisotopic (exact) mass is 315 g/mol. The number of piperidine rings is 1. The number of nitrogens with zero attached hydrogens (tertiary/aromatic N) is 1. The fourth-order valence-electron chi connectivity index (χ4n) is 5.23. The van der Waals surface area contributed by atoms with Gasteiger partial charge >= 0.3 is 0 Å². The summed E-state index contributed by atoms with van der Waals surface area (Å²) in [6, 6.07) is 3.06. The quantitative estimate of drug-likeness (QED) is 0.642. The van der Waals surface area contributed by atoms with E-state index >= 15 is 0 Å². The molecule has 1 saturated heterocycles. The SMILES string of the molecule is CN1CC[C@]23c4c5ccc(O)c4O[C@H]2C(=O)C=C(O)C3(O)[C@H]1C5. The third-order valence-electron chi connectivity index (χ3n) is 6.25. The number of ether oxygens (including phenoxy) is 1. The second kappa shape index (κ2) is 3.71. The lowest BCUT2D eigenvalue weighted by molar-refractivity contribution is -0.167. The molecule has 0 saturated carbocycles. The second-order valence-electron chi connectivity index (χ2n) is 7.07. The Kier molecular flexibility index (Phi) is 2.16. The summed E-state index contributed by atoms with van der Waals surface area (Å²) < 4.78 is 5.84. The van der Waals surface area contributed by atoms with Gasteiger partial charge in [-0.15, -0.1) is 0 Å². The molecule has 0 radical (unpaired) electrons. The zero-order valence-electron chi connectivity index (χ0n) is 12.6. The Hall–Kier alpha value is -2.05. The maximum atomic E-state index is 12.5. The van der Waals surface area contributed by atoms with E-state index in [4.69, 9.17) is 4.74 Å². The van der Waals surface area contributed by atoms with Gasteiger partial charge in [0.1, 0.15) is 5.76 Å². The topological polar surface area (TPSA) is 90.2 Å². The van der Waals surface area contributed by atoms with Crippen molar-refractivity contribution in [1.82, 2.24) is 4.90 Å². The van der Waals surface area contributed by atoms with E-state index in [1.165, 1.54) is 0 Å². The number of hydrogen-bond acceptors (Lipinski definition) is 6. The van der Waals surface area contributed by atoms with Crippen LogP contribution < -0.4 is 4.74 Å². The molecule has 4 atom stereocenters. The number of aromatic hydroxyl groups is 1. The zero-order valence-corrected chi connectivity index (χ0v) is 12.6. The zero-order chi connectivity index (χ0) is 16.1. The first kappa shape index (κ1) is 13.4. The summed E-state index contributed by atoms with van der Waals surface area (Å²) in [7, 11) is 1.91. The highest BCUT2D eigenvalue weighted by Crippen LogP contribution is 2.64. The van der Waals surface area contributed by atoms with E-state index in [-0.39, 0.29) is 29.1 Å². The Balaban J connectivity index is 1.93. The van der Waals surface area contributed by atoms with Gasteiger partial charge < -0.3 is 20.1 Å². The van der Waals surface area contributed by atoms with E-state index in [1.54, 1.807) is 6.07 Å². The van der Waals surface area contributed by atoms with Crippen molar-refractivity contribution in [2.75, 3.05) is 13.6 Å². The van der Waals surface area contributed by atoms with Crippen LogP contribution in [0, 0.1) is 0 Å². The molecule has 120 valence electrons. The van der Waals surface area contributed by atoms with Crippen molar-refractivity contribution in [1.29, 1.82) is 0 Å². The van der Waals surface area contributed by atoms with Gasteiger partial charge in [-0.05, 0) is 38.1 Å². The first-order chi connectivity index (χ1) is 10.9. The van der Waals surface area contributed by atoms with Gasteiger partial charge in [-0.1, -0.05) is 6.07 Å². The molecule has 1 aromatic carbocycles. The van der Waals surface area contributed by atoms with E-state index in [1.807, 2.05) is 18.0 Å². The average molecular weight is 315 g/mol. The number of ketones is 1. The molecular formula is C17H17NO5. The molecule has 6 nitrogen and oxygen atoms in total. The number of carbonyl (C=O) groups is 1. The van der Waals surface area contributed by atoms with Crippen molar-refractivity contribution in [2.45, 2.75) is 36.0 Å². The Morgan fingerprint density at radius 1 is 1.35 bits per heavy atom. The summed E-state index contributed by atoms with van der Waals surface area (Å²) >= 11 is 0. The van der Waals surface area contributed by atoms with Crippen LogP contribution in [0.25, 0.3) is 0 Å². The number of aliphatic hydroxyl groups is 2. The normalized spacial score (nSPS) is 40.4. The molecule has 1 aromatic rings. The smallest absolute Gasteiger partial charge is 0.200 e. The summed E-state index contributed by atoms with van der Waals surface area (Å²) in [5.41, 5.74) is -0.946. The number of aliphatic hydroxyl groups excluding tert-OH is 1. The molecule has 2 aliphatic heterocycles. The molecule has 23 heavy (non-hydrogen) atoms. The Morgan fingerprint density at radius 3 is 2.91 bits per heavy atom. The van der Waals surface area contributed by atoms with Crippen LogP contribution in [-0.2, 0) is 16.6 Å². The standard InChI is InChI=1S/C17H17NO5/c1-18-5-4-16-13-8-2-3-9(19)14(13)23-15(16)10(20)7-12(21)17(16,22)11(18)6-8/h2-3,7,11,15,19,21-22H,4-6H2,1H3/t11-,15+,16+,17?/m1/s1. The molecule has 3 N–H and O–H groups in total. The van der Waals surface area contributed by atoms with Crippen LogP contribution >= 0.6 is 0 Å². The van der Waals surface area contributed by atoms with Gasteiger partial charge in [0.25, 0.3) is 0 Å². The maximum Gasteiger partial charge on any atom is 0.200 e. The summed E-state index contributed by atoms with van der Waals surface area (Å²) in [6.45, 7) is 0.682.